The minimum absolute atomic E-state index is 0.707. The average Bonchev–Trinajstić information content (AvgIpc) is 3.13. The third-order valence-electron chi connectivity index (χ3n) is 4.65. The van der Waals surface area contributed by atoms with Crippen LogP contribution in [0.2, 0.25) is 0 Å². The molecule has 0 saturated carbocycles. The Morgan fingerprint density at radius 3 is 2.60 bits per heavy atom. The van der Waals surface area contributed by atoms with E-state index in [1.165, 1.54) is 5.56 Å². The second-order valence-corrected chi connectivity index (χ2v) is 6.28. The van der Waals surface area contributed by atoms with E-state index < -0.39 is 0 Å². The molecule has 130 valence electrons. The van der Waals surface area contributed by atoms with Crippen molar-refractivity contribution in [2.24, 2.45) is 0 Å². The summed E-state index contributed by atoms with van der Waals surface area (Å²) in [7, 11) is 0. The van der Waals surface area contributed by atoms with Crippen LogP contribution in [-0.2, 0) is 6.54 Å². The van der Waals surface area contributed by atoms with Gasteiger partial charge in [0.15, 0.2) is 0 Å². The number of aromatic amines is 1. The number of hydrogen-bond donors (Lipinski definition) is 1. The number of anilines is 1. The lowest BCUT2D eigenvalue weighted by atomic mass is 10.2. The molecular formula is C19H23N5O. The molecule has 1 aliphatic rings. The number of aromatic nitrogens is 3. The first-order valence-electron chi connectivity index (χ1n) is 8.80. The molecule has 1 fully saturated rings. The van der Waals surface area contributed by atoms with Crippen LogP contribution in [0.3, 0.4) is 0 Å². The number of fused-ring (bicyclic) bond motifs is 1. The van der Waals surface area contributed by atoms with Crippen molar-refractivity contribution in [3.05, 3.63) is 48.4 Å². The van der Waals surface area contributed by atoms with Crippen molar-refractivity contribution in [2.45, 2.75) is 13.5 Å². The quantitative estimate of drug-likeness (QED) is 0.776. The summed E-state index contributed by atoms with van der Waals surface area (Å²) in [6.07, 6.45) is 3.56. The van der Waals surface area contributed by atoms with Gasteiger partial charge in [-0.15, -0.1) is 0 Å². The second kappa shape index (κ2) is 7.11. The molecule has 2 aromatic heterocycles. The molecule has 0 unspecified atom stereocenters. The zero-order chi connectivity index (χ0) is 17.1. The zero-order valence-corrected chi connectivity index (χ0v) is 14.5. The molecule has 1 saturated heterocycles. The van der Waals surface area contributed by atoms with Gasteiger partial charge < -0.3 is 14.6 Å². The molecule has 6 heteroatoms. The van der Waals surface area contributed by atoms with Crippen molar-refractivity contribution in [1.82, 2.24) is 19.9 Å². The molecule has 0 aliphatic carbocycles. The Bertz CT molecular complexity index is 821. The van der Waals surface area contributed by atoms with E-state index in [0.29, 0.717) is 6.61 Å². The fourth-order valence-corrected chi connectivity index (χ4v) is 3.34. The van der Waals surface area contributed by atoms with Gasteiger partial charge in [0.05, 0.1) is 12.0 Å². The molecule has 1 aliphatic heterocycles. The van der Waals surface area contributed by atoms with Gasteiger partial charge in [0, 0.05) is 38.9 Å². The summed E-state index contributed by atoms with van der Waals surface area (Å²) in [4.78, 5) is 16.8. The van der Waals surface area contributed by atoms with Crippen molar-refractivity contribution in [2.75, 3.05) is 37.7 Å². The van der Waals surface area contributed by atoms with Gasteiger partial charge in [-0.25, -0.2) is 9.97 Å². The van der Waals surface area contributed by atoms with Crippen molar-refractivity contribution in [3.8, 4) is 5.75 Å². The molecule has 0 amide bonds. The van der Waals surface area contributed by atoms with Crippen molar-refractivity contribution < 1.29 is 4.74 Å². The Hall–Kier alpha value is -2.60. The number of rotatable bonds is 5. The highest BCUT2D eigenvalue weighted by Crippen LogP contribution is 2.23. The summed E-state index contributed by atoms with van der Waals surface area (Å²) in [5.41, 5.74) is 2.23. The van der Waals surface area contributed by atoms with Crippen LogP contribution < -0.4 is 9.64 Å². The number of benzene rings is 1. The van der Waals surface area contributed by atoms with Gasteiger partial charge >= 0.3 is 0 Å². The molecular weight excluding hydrogens is 314 g/mol. The number of hydrogen-bond acceptors (Lipinski definition) is 5. The third-order valence-corrected chi connectivity index (χ3v) is 4.65. The van der Waals surface area contributed by atoms with E-state index in [1.807, 2.05) is 13.1 Å². The van der Waals surface area contributed by atoms with Gasteiger partial charge in [-0.05, 0) is 30.7 Å². The molecule has 0 spiro atoms. The monoisotopic (exact) mass is 337 g/mol. The smallest absolute Gasteiger partial charge is 0.142 e. The van der Waals surface area contributed by atoms with Crippen LogP contribution in [-0.4, -0.2) is 52.6 Å². The minimum Gasteiger partial charge on any atom is -0.494 e. The van der Waals surface area contributed by atoms with Crippen LogP contribution in [0, 0.1) is 0 Å². The van der Waals surface area contributed by atoms with Gasteiger partial charge in [0.2, 0.25) is 0 Å². The second-order valence-electron chi connectivity index (χ2n) is 6.28. The Morgan fingerprint density at radius 1 is 1.04 bits per heavy atom. The number of nitrogens with one attached hydrogen (secondary N) is 1. The van der Waals surface area contributed by atoms with Gasteiger partial charge in [-0.2, -0.15) is 0 Å². The Morgan fingerprint density at radius 2 is 1.84 bits per heavy atom. The molecule has 6 nitrogen and oxygen atoms in total. The molecule has 1 N–H and O–H groups in total. The van der Waals surface area contributed by atoms with Crippen LogP contribution in [0.4, 0.5) is 5.82 Å². The first-order chi connectivity index (χ1) is 12.3. The Balaban J connectivity index is 1.37. The van der Waals surface area contributed by atoms with Crippen molar-refractivity contribution in [1.29, 1.82) is 0 Å². The SMILES string of the molecule is CCOc1ccc(CN2CCN(c3ncnc4[nH]ccc34)CC2)cc1. The van der Waals surface area contributed by atoms with Crippen LogP contribution in [0.5, 0.6) is 5.75 Å². The highest BCUT2D eigenvalue weighted by Gasteiger charge is 2.20. The van der Waals surface area contributed by atoms with Gasteiger partial charge in [-0.1, -0.05) is 12.1 Å². The summed E-state index contributed by atoms with van der Waals surface area (Å²) >= 11 is 0. The lowest BCUT2D eigenvalue weighted by Gasteiger charge is -2.35. The zero-order valence-electron chi connectivity index (χ0n) is 14.5. The molecule has 0 radical (unpaired) electrons. The van der Waals surface area contributed by atoms with Crippen LogP contribution in [0.15, 0.2) is 42.9 Å². The standard InChI is InChI=1S/C19H23N5O/c1-2-25-16-5-3-15(4-6-16)13-23-9-11-24(12-10-23)19-17-7-8-20-18(17)21-14-22-19/h3-8,14H,2,9-13H2,1H3,(H,20,21,22). The summed E-state index contributed by atoms with van der Waals surface area (Å²) < 4.78 is 5.51. The normalized spacial score (nSPS) is 15.6. The molecule has 0 bridgehead atoms. The summed E-state index contributed by atoms with van der Waals surface area (Å²) in [6.45, 7) is 7.71. The maximum absolute atomic E-state index is 5.51. The Kier molecular flexibility index (Phi) is 4.52. The lowest BCUT2D eigenvalue weighted by Crippen LogP contribution is -2.46. The van der Waals surface area contributed by atoms with Gasteiger partial charge in [0.1, 0.15) is 23.5 Å². The average molecular weight is 337 g/mol. The highest BCUT2D eigenvalue weighted by atomic mass is 16.5. The van der Waals surface area contributed by atoms with E-state index in [0.717, 1.165) is 55.3 Å². The first kappa shape index (κ1) is 15.9. The van der Waals surface area contributed by atoms with E-state index >= 15 is 0 Å². The number of ether oxygens (including phenoxy) is 1. The Labute approximate surface area is 147 Å². The lowest BCUT2D eigenvalue weighted by molar-refractivity contribution is 0.249. The maximum atomic E-state index is 5.51. The molecule has 1 aromatic carbocycles. The van der Waals surface area contributed by atoms with Gasteiger partial charge in [-0.3, -0.25) is 4.90 Å². The number of H-pyrrole nitrogens is 1. The maximum Gasteiger partial charge on any atom is 0.142 e. The van der Waals surface area contributed by atoms with Crippen molar-refractivity contribution in [3.63, 3.8) is 0 Å². The van der Waals surface area contributed by atoms with E-state index in [1.54, 1.807) is 6.33 Å². The minimum atomic E-state index is 0.707. The molecule has 3 aromatic rings. The fraction of sp³-hybridized carbons (Fsp3) is 0.368. The van der Waals surface area contributed by atoms with E-state index in [2.05, 4.69) is 55.1 Å². The largest absolute Gasteiger partial charge is 0.494 e. The summed E-state index contributed by atoms with van der Waals surface area (Å²) in [6, 6.07) is 10.5. The summed E-state index contributed by atoms with van der Waals surface area (Å²) in [5, 5.41) is 1.10. The first-order valence-corrected chi connectivity index (χ1v) is 8.80. The van der Waals surface area contributed by atoms with E-state index in [-0.39, 0.29) is 0 Å². The topological polar surface area (TPSA) is 57.3 Å². The predicted octanol–water partition coefficient (Wildman–Crippen LogP) is 2.68. The molecule has 0 atom stereocenters. The van der Waals surface area contributed by atoms with E-state index in [9.17, 15) is 0 Å². The number of nitrogens with zero attached hydrogens (tertiary/aromatic N) is 4. The predicted molar refractivity (Wildman–Crippen MR) is 99.0 cm³/mol. The summed E-state index contributed by atoms with van der Waals surface area (Å²) in [5.74, 6) is 1.97. The van der Waals surface area contributed by atoms with Crippen LogP contribution in [0.1, 0.15) is 12.5 Å². The molecule has 25 heavy (non-hydrogen) atoms. The van der Waals surface area contributed by atoms with E-state index in [4.69, 9.17) is 4.74 Å². The van der Waals surface area contributed by atoms with Crippen LogP contribution >= 0.6 is 0 Å². The highest BCUT2D eigenvalue weighted by molar-refractivity contribution is 5.87. The van der Waals surface area contributed by atoms with Gasteiger partial charge in [0.25, 0.3) is 0 Å². The van der Waals surface area contributed by atoms with Crippen LogP contribution in [0.25, 0.3) is 11.0 Å². The van der Waals surface area contributed by atoms with Crippen molar-refractivity contribution >= 4 is 16.9 Å². The molecule has 4 rings (SSSR count). The molecule has 3 heterocycles. The fourth-order valence-electron chi connectivity index (χ4n) is 3.34. The third kappa shape index (κ3) is 3.44. The number of piperazine rings is 1.